The van der Waals surface area contributed by atoms with E-state index in [0.717, 1.165) is 0 Å². The molecule has 164 valence electrons. The van der Waals surface area contributed by atoms with Crippen LogP contribution in [0.2, 0.25) is 0 Å². The SMILES string of the molecule is COC(=O)c1cccc(NC(=O)C2CCN(c3oc(-c4ccco4)nc3C#N)CC2)c1O. The van der Waals surface area contributed by atoms with E-state index < -0.39 is 5.97 Å². The lowest BCUT2D eigenvalue weighted by atomic mass is 9.95. The molecule has 1 aliphatic rings. The van der Waals surface area contributed by atoms with E-state index in [9.17, 15) is 20.0 Å². The highest BCUT2D eigenvalue weighted by molar-refractivity contribution is 5.99. The molecule has 0 spiro atoms. The summed E-state index contributed by atoms with van der Waals surface area (Å²) in [7, 11) is 1.21. The minimum atomic E-state index is -0.693. The van der Waals surface area contributed by atoms with Crippen molar-refractivity contribution in [1.29, 1.82) is 5.26 Å². The molecule has 0 bridgehead atoms. The van der Waals surface area contributed by atoms with Gasteiger partial charge < -0.3 is 28.9 Å². The van der Waals surface area contributed by atoms with Gasteiger partial charge in [-0.25, -0.2) is 4.79 Å². The normalized spacial score (nSPS) is 14.1. The van der Waals surface area contributed by atoms with E-state index in [4.69, 9.17) is 8.83 Å². The number of phenols is 1. The number of methoxy groups -OCH3 is 1. The highest BCUT2D eigenvalue weighted by Crippen LogP contribution is 2.33. The van der Waals surface area contributed by atoms with Crippen molar-refractivity contribution in [2.75, 3.05) is 30.4 Å². The number of aromatic nitrogens is 1. The van der Waals surface area contributed by atoms with Gasteiger partial charge in [0.1, 0.15) is 11.6 Å². The number of oxazole rings is 1. The van der Waals surface area contributed by atoms with Crippen LogP contribution in [-0.4, -0.2) is 42.2 Å². The van der Waals surface area contributed by atoms with Gasteiger partial charge >= 0.3 is 5.97 Å². The lowest BCUT2D eigenvalue weighted by Crippen LogP contribution is -2.38. The first kappa shape index (κ1) is 21.0. The Kier molecular flexibility index (Phi) is 5.81. The molecule has 0 radical (unpaired) electrons. The molecule has 2 N–H and O–H groups in total. The van der Waals surface area contributed by atoms with Crippen molar-refractivity contribution in [2.24, 2.45) is 5.92 Å². The summed E-state index contributed by atoms with van der Waals surface area (Å²) in [6.07, 6.45) is 2.50. The van der Waals surface area contributed by atoms with E-state index in [1.165, 1.54) is 25.5 Å². The molecule has 2 aromatic heterocycles. The number of hydrogen-bond acceptors (Lipinski definition) is 9. The number of nitrogens with one attached hydrogen (secondary N) is 1. The number of nitriles is 1. The Balaban J connectivity index is 1.42. The highest BCUT2D eigenvalue weighted by Gasteiger charge is 2.30. The Morgan fingerprint density at radius 1 is 1.28 bits per heavy atom. The summed E-state index contributed by atoms with van der Waals surface area (Å²) in [6.45, 7) is 0.960. The van der Waals surface area contributed by atoms with Crippen LogP contribution in [0.25, 0.3) is 11.7 Å². The van der Waals surface area contributed by atoms with E-state index in [1.54, 1.807) is 18.2 Å². The van der Waals surface area contributed by atoms with Crippen LogP contribution < -0.4 is 10.2 Å². The first-order valence-electron chi connectivity index (χ1n) is 9.92. The summed E-state index contributed by atoms with van der Waals surface area (Å²) in [5, 5.41) is 22.4. The molecule has 0 aliphatic carbocycles. The van der Waals surface area contributed by atoms with Gasteiger partial charge in [-0.05, 0) is 37.1 Å². The third kappa shape index (κ3) is 4.00. The van der Waals surface area contributed by atoms with Gasteiger partial charge in [-0.2, -0.15) is 10.2 Å². The van der Waals surface area contributed by atoms with Crippen LogP contribution >= 0.6 is 0 Å². The molecule has 1 fully saturated rings. The third-order valence-electron chi connectivity index (χ3n) is 5.30. The first-order valence-corrected chi connectivity index (χ1v) is 9.92. The quantitative estimate of drug-likeness (QED) is 0.455. The molecule has 10 heteroatoms. The van der Waals surface area contributed by atoms with Gasteiger partial charge in [-0.3, -0.25) is 4.79 Å². The Hall–Kier alpha value is -4.26. The number of nitrogens with zero attached hydrogens (tertiary/aromatic N) is 3. The molecule has 1 amide bonds. The standard InChI is InChI=1S/C22H20N4O6/c1-30-22(29)14-4-2-5-15(18(14)27)24-19(28)13-7-9-26(10-8-13)21-16(12-23)25-20(32-21)17-6-3-11-31-17/h2-6,11,13,27H,7-10H2,1H3,(H,24,28). The molecule has 3 aromatic rings. The Morgan fingerprint density at radius 3 is 2.72 bits per heavy atom. The molecule has 0 saturated carbocycles. The van der Waals surface area contributed by atoms with Crippen LogP contribution in [0.5, 0.6) is 5.75 Å². The van der Waals surface area contributed by atoms with Crippen molar-refractivity contribution in [3.8, 4) is 23.5 Å². The molecule has 1 saturated heterocycles. The molecule has 10 nitrogen and oxygen atoms in total. The van der Waals surface area contributed by atoms with E-state index in [-0.39, 0.29) is 40.4 Å². The second-order valence-corrected chi connectivity index (χ2v) is 7.21. The Labute approximate surface area is 183 Å². The third-order valence-corrected chi connectivity index (χ3v) is 5.30. The summed E-state index contributed by atoms with van der Waals surface area (Å²) >= 11 is 0. The summed E-state index contributed by atoms with van der Waals surface area (Å²) in [6, 6.07) is 9.90. The zero-order valence-corrected chi connectivity index (χ0v) is 17.2. The van der Waals surface area contributed by atoms with Crippen LogP contribution in [0.3, 0.4) is 0 Å². The lowest BCUT2D eigenvalue weighted by molar-refractivity contribution is -0.120. The number of carbonyl (C=O) groups excluding carboxylic acids is 2. The minimum Gasteiger partial charge on any atom is -0.505 e. The maximum Gasteiger partial charge on any atom is 0.341 e. The molecule has 3 heterocycles. The summed E-state index contributed by atoms with van der Waals surface area (Å²) in [5.41, 5.74) is 0.274. The van der Waals surface area contributed by atoms with Crippen molar-refractivity contribution >= 4 is 23.4 Å². The van der Waals surface area contributed by atoms with Gasteiger partial charge in [-0.15, -0.1) is 0 Å². The number of carbonyl (C=O) groups is 2. The number of furan rings is 1. The van der Waals surface area contributed by atoms with Gasteiger partial charge in [-0.1, -0.05) is 6.07 Å². The fourth-order valence-electron chi connectivity index (χ4n) is 3.60. The molecule has 4 rings (SSSR count). The number of aromatic hydroxyl groups is 1. The number of amides is 1. The molecular formula is C22H20N4O6. The lowest BCUT2D eigenvalue weighted by Gasteiger charge is -2.31. The number of para-hydroxylation sites is 1. The number of phenolic OH excluding ortho intramolecular Hbond substituents is 1. The fraction of sp³-hybridized carbons (Fsp3) is 0.273. The van der Waals surface area contributed by atoms with Crippen molar-refractivity contribution in [2.45, 2.75) is 12.8 Å². The van der Waals surface area contributed by atoms with Gasteiger partial charge in [0.2, 0.25) is 17.5 Å². The molecular weight excluding hydrogens is 416 g/mol. The second-order valence-electron chi connectivity index (χ2n) is 7.21. The Bertz CT molecular complexity index is 1170. The van der Waals surface area contributed by atoms with Gasteiger partial charge in [0, 0.05) is 19.0 Å². The molecule has 32 heavy (non-hydrogen) atoms. The Morgan fingerprint density at radius 2 is 2.06 bits per heavy atom. The van der Waals surface area contributed by atoms with Gasteiger partial charge in [0.25, 0.3) is 5.89 Å². The number of rotatable bonds is 5. The van der Waals surface area contributed by atoms with Crippen LogP contribution in [0.15, 0.2) is 45.4 Å². The van der Waals surface area contributed by atoms with E-state index >= 15 is 0 Å². The van der Waals surface area contributed by atoms with Gasteiger partial charge in [0.05, 0.1) is 19.1 Å². The summed E-state index contributed by atoms with van der Waals surface area (Å²) < 4.78 is 15.7. The number of benzene rings is 1. The van der Waals surface area contributed by atoms with Crippen molar-refractivity contribution in [1.82, 2.24) is 4.98 Å². The number of piperidine rings is 1. The number of esters is 1. The number of ether oxygens (including phenoxy) is 1. The largest absolute Gasteiger partial charge is 0.505 e. The average molecular weight is 436 g/mol. The summed E-state index contributed by atoms with van der Waals surface area (Å²) in [5.74, 6) is -0.613. The molecule has 1 aliphatic heterocycles. The average Bonchev–Trinajstić information content (AvgIpc) is 3.50. The predicted octanol–water partition coefficient (Wildman–Crippen LogP) is 3.15. The maximum atomic E-state index is 12.7. The number of hydrogen-bond donors (Lipinski definition) is 2. The monoisotopic (exact) mass is 436 g/mol. The van der Waals surface area contributed by atoms with E-state index in [1.807, 2.05) is 11.0 Å². The zero-order chi connectivity index (χ0) is 22.7. The van der Waals surface area contributed by atoms with Crippen molar-refractivity contribution in [3.63, 3.8) is 0 Å². The topological polar surface area (TPSA) is 142 Å². The van der Waals surface area contributed by atoms with E-state index in [0.29, 0.717) is 37.6 Å². The molecule has 0 unspecified atom stereocenters. The van der Waals surface area contributed by atoms with E-state index in [2.05, 4.69) is 15.0 Å². The molecule has 1 aromatic carbocycles. The minimum absolute atomic E-state index is 0.0261. The van der Waals surface area contributed by atoms with Crippen LogP contribution in [-0.2, 0) is 9.53 Å². The second kappa shape index (κ2) is 8.85. The number of anilines is 2. The summed E-state index contributed by atoms with van der Waals surface area (Å²) in [4.78, 5) is 30.5. The molecule has 0 atom stereocenters. The van der Waals surface area contributed by atoms with Crippen LogP contribution in [0.1, 0.15) is 28.9 Å². The smallest absolute Gasteiger partial charge is 0.341 e. The highest BCUT2D eigenvalue weighted by atomic mass is 16.5. The van der Waals surface area contributed by atoms with Gasteiger partial charge in [0.15, 0.2) is 11.5 Å². The van der Waals surface area contributed by atoms with Crippen LogP contribution in [0, 0.1) is 17.2 Å². The predicted molar refractivity (Wildman–Crippen MR) is 112 cm³/mol. The maximum absolute atomic E-state index is 12.7. The van der Waals surface area contributed by atoms with Crippen molar-refractivity contribution in [3.05, 3.63) is 47.9 Å². The first-order chi connectivity index (χ1) is 15.5. The fourth-order valence-corrected chi connectivity index (χ4v) is 3.60. The van der Waals surface area contributed by atoms with Crippen LogP contribution in [0.4, 0.5) is 11.6 Å². The zero-order valence-electron chi connectivity index (χ0n) is 17.2. The van der Waals surface area contributed by atoms with Crippen molar-refractivity contribution < 1.29 is 28.3 Å².